The number of benzene rings is 1. The van der Waals surface area contributed by atoms with Gasteiger partial charge in [-0.05, 0) is 47.4 Å². The Bertz CT molecular complexity index is 1590. The standard InChI is InChI=1S/C28H26N8O/c1-16(2)9-25(37)32-20-10-19(12-30-13-20)18-3-4-23-21(11-18)27(36-35-23)28-33-24-15-31-14-22(26(24)34-28)17-5-7-29-8-6-17/h3-8,10-16,28,33-34H,9H2,1-2H3,(H,32,37)(H,35,36). The van der Waals surface area contributed by atoms with Gasteiger partial charge in [0.2, 0.25) is 5.91 Å². The van der Waals surface area contributed by atoms with Crippen molar-refractivity contribution in [2.45, 2.75) is 26.4 Å². The zero-order valence-electron chi connectivity index (χ0n) is 20.5. The highest BCUT2D eigenvalue weighted by molar-refractivity contribution is 5.93. The molecule has 5 aromatic rings. The predicted molar refractivity (Wildman–Crippen MR) is 145 cm³/mol. The molecule has 4 N–H and O–H groups in total. The normalized spacial score (nSPS) is 14.3. The van der Waals surface area contributed by atoms with Crippen molar-refractivity contribution in [3.8, 4) is 22.3 Å². The van der Waals surface area contributed by atoms with Crippen LogP contribution >= 0.6 is 0 Å². The number of fused-ring (bicyclic) bond motifs is 2. The van der Waals surface area contributed by atoms with E-state index in [1.165, 1.54) is 0 Å². The van der Waals surface area contributed by atoms with Crippen LogP contribution in [0.15, 0.2) is 73.6 Å². The summed E-state index contributed by atoms with van der Waals surface area (Å²) in [6.45, 7) is 4.05. The minimum Gasteiger partial charge on any atom is -0.358 e. The summed E-state index contributed by atoms with van der Waals surface area (Å²) in [4.78, 5) is 25.1. The molecule has 37 heavy (non-hydrogen) atoms. The van der Waals surface area contributed by atoms with E-state index < -0.39 is 0 Å². The monoisotopic (exact) mass is 490 g/mol. The van der Waals surface area contributed by atoms with Gasteiger partial charge in [-0.25, -0.2) is 0 Å². The second-order valence-corrected chi connectivity index (χ2v) is 9.54. The summed E-state index contributed by atoms with van der Waals surface area (Å²) < 4.78 is 0. The number of hydrogen-bond acceptors (Lipinski definition) is 7. The molecule has 0 fully saturated rings. The summed E-state index contributed by atoms with van der Waals surface area (Å²) in [5.41, 5.74) is 8.31. The van der Waals surface area contributed by atoms with Crippen LogP contribution < -0.4 is 16.0 Å². The van der Waals surface area contributed by atoms with Crippen LogP contribution in [0, 0.1) is 5.92 Å². The molecule has 0 saturated carbocycles. The van der Waals surface area contributed by atoms with E-state index in [0.717, 1.165) is 50.2 Å². The lowest BCUT2D eigenvalue weighted by molar-refractivity contribution is -0.116. The Labute approximate surface area is 213 Å². The molecule has 9 nitrogen and oxygen atoms in total. The number of H-pyrrole nitrogens is 1. The van der Waals surface area contributed by atoms with Crippen molar-refractivity contribution in [2.75, 3.05) is 16.0 Å². The van der Waals surface area contributed by atoms with E-state index in [4.69, 9.17) is 0 Å². The van der Waals surface area contributed by atoms with Gasteiger partial charge in [0.05, 0.1) is 40.7 Å². The highest BCUT2D eigenvalue weighted by atomic mass is 16.1. The zero-order valence-corrected chi connectivity index (χ0v) is 20.5. The van der Waals surface area contributed by atoms with Crippen LogP contribution in [0.5, 0.6) is 0 Å². The molecule has 1 aliphatic rings. The number of aromatic nitrogens is 5. The van der Waals surface area contributed by atoms with E-state index in [0.29, 0.717) is 18.0 Å². The lowest BCUT2D eigenvalue weighted by Gasteiger charge is -2.12. The fourth-order valence-electron chi connectivity index (χ4n) is 4.63. The molecule has 1 atom stereocenters. The first-order valence-corrected chi connectivity index (χ1v) is 12.2. The predicted octanol–water partition coefficient (Wildman–Crippen LogP) is 5.60. The quantitative estimate of drug-likeness (QED) is 0.244. The Balaban J connectivity index is 1.30. The number of hydrogen-bond donors (Lipinski definition) is 4. The van der Waals surface area contributed by atoms with Gasteiger partial charge in [0.15, 0.2) is 0 Å². The third kappa shape index (κ3) is 4.47. The molecular weight excluding hydrogens is 464 g/mol. The van der Waals surface area contributed by atoms with E-state index in [1.807, 2.05) is 56.6 Å². The fraction of sp³-hybridized carbons (Fsp3) is 0.179. The Morgan fingerprint density at radius 3 is 2.59 bits per heavy atom. The summed E-state index contributed by atoms with van der Waals surface area (Å²) >= 11 is 0. The average molecular weight is 491 g/mol. The average Bonchev–Trinajstić information content (AvgIpc) is 3.52. The molecular formula is C28H26N8O. The molecule has 1 amide bonds. The summed E-state index contributed by atoms with van der Waals surface area (Å²) in [7, 11) is 0. The van der Waals surface area contributed by atoms with E-state index in [-0.39, 0.29) is 12.1 Å². The smallest absolute Gasteiger partial charge is 0.224 e. The summed E-state index contributed by atoms with van der Waals surface area (Å²) in [6.07, 6.45) is 11.0. The van der Waals surface area contributed by atoms with Crippen LogP contribution in [-0.2, 0) is 4.79 Å². The van der Waals surface area contributed by atoms with E-state index >= 15 is 0 Å². The molecule has 0 radical (unpaired) electrons. The van der Waals surface area contributed by atoms with Gasteiger partial charge in [0, 0.05) is 47.7 Å². The number of amides is 1. The van der Waals surface area contributed by atoms with Gasteiger partial charge < -0.3 is 16.0 Å². The first kappa shape index (κ1) is 22.7. The van der Waals surface area contributed by atoms with Crippen LogP contribution in [0.3, 0.4) is 0 Å². The van der Waals surface area contributed by atoms with Crippen molar-refractivity contribution < 1.29 is 4.79 Å². The molecule has 1 unspecified atom stereocenters. The molecule has 1 aromatic carbocycles. The SMILES string of the molecule is CC(C)CC(=O)Nc1cncc(-c2ccc3n[nH]c(C4Nc5cncc(-c6ccncc6)c5N4)c3c2)c1. The first-order valence-electron chi connectivity index (χ1n) is 12.2. The molecule has 0 aliphatic carbocycles. The minimum atomic E-state index is -0.209. The first-order chi connectivity index (χ1) is 18.0. The van der Waals surface area contributed by atoms with Gasteiger partial charge in [0.1, 0.15) is 6.17 Å². The van der Waals surface area contributed by atoms with Gasteiger partial charge >= 0.3 is 0 Å². The second-order valence-electron chi connectivity index (χ2n) is 9.54. The van der Waals surface area contributed by atoms with Crippen LogP contribution in [-0.4, -0.2) is 31.1 Å². The molecule has 5 heterocycles. The highest BCUT2D eigenvalue weighted by Gasteiger charge is 2.27. The van der Waals surface area contributed by atoms with E-state index in [9.17, 15) is 4.79 Å². The van der Waals surface area contributed by atoms with E-state index in [2.05, 4.69) is 47.2 Å². The lowest BCUT2D eigenvalue weighted by Crippen LogP contribution is -2.14. The van der Waals surface area contributed by atoms with Gasteiger partial charge in [-0.3, -0.25) is 24.8 Å². The van der Waals surface area contributed by atoms with Crippen LogP contribution in [0.1, 0.15) is 32.1 Å². The number of aromatic amines is 1. The zero-order chi connectivity index (χ0) is 25.4. The van der Waals surface area contributed by atoms with Crippen LogP contribution in [0.25, 0.3) is 33.2 Å². The largest absolute Gasteiger partial charge is 0.358 e. The van der Waals surface area contributed by atoms with Gasteiger partial charge in [-0.2, -0.15) is 5.10 Å². The minimum absolute atomic E-state index is 0.0138. The van der Waals surface area contributed by atoms with Crippen molar-refractivity contribution in [3.63, 3.8) is 0 Å². The van der Waals surface area contributed by atoms with Gasteiger partial charge in [-0.15, -0.1) is 0 Å². The molecule has 9 heteroatoms. The molecule has 0 bridgehead atoms. The highest BCUT2D eigenvalue weighted by Crippen LogP contribution is 2.42. The van der Waals surface area contributed by atoms with Gasteiger partial charge in [-0.1, -0.05) is 19.9 Å². The van der Waals surface area contributed by atoms with Crippen molar-refractivity contribution in [1.82, 2.24) is 25.1 Å². The number of nitrogens with zero attached hydrogens (tertiary/aromatic N) is 4. The Morgan fingerprint density at radius 1 is 0.919 bits per heavy atom. The van der Waals surface area contributed by atoms with Crippen molar-refractivity contribution in [3.05, 3.63) is 79.3 Å². The lowest BCUT2D eigenvalue weighted by atomic mass is 10.0. The summed E-state index contributed by atoms with van der Waals surface area (Å²) in [5, 5.41) is 18.8. The van der Waals surface area contributed by atoms with Crippen molar-refractivity contribution in [1.29, 1.82) is 0 Å². The molecule has 1 aliphatic heterocycles. The number of carbonyl (C=O) groups is 1. The van der Waals surface area contributed by atoms with E-state index in [1.54, 1.807) is 24.8 Å². The molecule has 0 spiro atoms. The van der Waals surface area contributed by atoms with Gasteiger partial charge in [0.25, 0.3) is 0 Å². The third-order valence-electron chi connectivity index (χ3n) is 6.35. The topological polar surface area (TPSA) is 121 Å². The molecule has 0 saturated heterocycles. The number of pyridine rings is 3. The number of anilines is 3. The number of carbonyl (C=O) groups excluding carboxylic acids is 1. The Hall–Kier alpha value is -4.79. The second kappa shape index (κ2) is 9.34. The Kier molecular flexibility index (Phi) is 5.72. The number of nitrogens with one attached hydrogen (secondary N) is 4. The van der Waals surface area contributed by atoms with Crippen molar-refractivity contribution in [2.24, 2.45) is 5.92 Å². The summed E-state index contributed by atoms with van der Waals surface area (Å²) in [6, 6.07) is 12.0. The maximum Gasteiger partial charge on any atom is 0.224 e. The van der Waals surface area contributed by atoms with Crippen molar-refractivity contribution >= 4 is 33.9 Å². The molecule has 4 aromatic heterocycles. The maximum atomic E-state index is 12.2. The third-order valence-corrected chi connectivity index (χ3v) is 6.35. The van der Waals surface area contributed by atoms with Crippen LogP contribution in [0.2, 0.25) is 0 Å². The van der Waals surface area contributed by atoms with Crippen LogP contribution in [0.4, 0.5) is 17.1 Å². The molecule has 184 valence electrons. The maximum absolute atomic E-state index is 12.2. The number of rotatable bonds is 6. The molecule has 6 rings (SSSR count). The Morgan fingerprint density at radius 2 is 1.76 bits per heavy atom. The summed E-state index contributed by atoms with van der Waals surface area (Å²) in [5.74, 6) is 0.277. The fourth-order valence-corrected chi connectivity index (χ4v) is 4.63.